The second-order valence-corrected chi connectivity index (χ2v) is 8.71. The molecule has 2 amide bonds. The number of hydrogen-bond acceptors (Lipinski definition) is 5. The number of aryl methyl sites for hydroxylation is 2. The molecule has 2 aromatic carbocycles. The van der Waals surface area contributed by atoms with Gasteiger partial charge < -0.3 is 10.1 Å². The molecule has 1 saturated heterocycles. The molecule has 0 radical (unpaired) electrons. The molecule has 0 atom stereocenters. The Hall–Kier alpha value is -2.64. The highest BCUT2D eigenvalue weighted by atomic mass is 32.2. The molecule has 3 rings (SSSR count). The molecule has 0 aliphatic carbocycles. The minimum absolute atomic E-state index is 0.0461. The van der Waals surface area contributed by atoms with Gasteiger partial charge in [-0.1, -0.05) is 49.1 Å². The quantitative estimate of drug-likeness (QED) is 0.489. The largest absolute Gasteiger partial charge is 0.484 e. The first-order valence-electron chi connectivity index (χ1n) is 9.72. The first kappa shape index (κ1) is 22.1. The molecule has 156 valence electrons. The van der Waals surface area contributed by atoms with Crippen molar-refractivity contribution in [2.75, 3.05) is 18.5 Å². The van der Waals surface area contributed by atoms with Gasteiger partial charge in [-0.05, 0) is 67.3 Å². The number of ether oxygens (including phenoxy) is 1. The van der Waals surface area contributed by atoms with Crippen LogP contribution >= 0.6 is 24.0 Å². The number of anilines is 1. The number of benzene rings is 2. The van der Waals surface area contributed by atoms with E-state index in [0.717, 1.165) is 23.2 Å². The van der Waals surface area contributed by atoms with Gasteiger partial charge in [0, 0.05) is 12.2 Å². The fraction of sp³-hybridized carbons (Fsp3) is 0.261. The Balaban J connectivity index is 1.55. The van der Waals surface area contributed by atoms with E-state index in [-0.39, 0.29) is 18.4 Å². The van der Waals surface area contributed by atoms with Gasteiger partial charge in [0.05, 0.1) is 4.91 Å². The first-order chi connectivity index (χ1) is 14.4. The van der Waals surface area contributed by atoms with Crippen molar-refractivity contribution in [2.24, 2.45) is 0 Å². The van der Waals surface area contributed by atoms with Crippen LogP contribution in [0.5, 0.6) is 5.75 Å². The van der Waals surface area contributed by atoms with Gasteiger partial charge in [0.1, 0.15) is 10.1 Å². The maximum Gasteiger partial charge on any atom is 0.266 e. The lowest BCUT2D eigenvalue weighted by molar-refractivity contribution is -0.122. The molecule has 0 spiro atoms. The van der Waals surface area contributed by atoms with E-state index in [0.29, 0.717) is 21.5 Å². The van der Waals surface area contributed by atoms with Gasteiger partial charge in [0.25, 0.3) is 11.8 Å². The van der Waals surface area contributed by atoms with E-state index in [1.54, 1.807) is 17.0 Å². The van der Waals surface area contributed by atoms with E-state index in [1.165, 1.54) is 17.3 Å². The van der Waals surface area contributed by atoms with Crippen molar-refractivity contribution < 1.29 is 14.3 Å². The Kier molecular flexibility index (Phi) is 7.29. The van der Waals surface area contributed by atoms with Crippen LogP contribution in [-0.4, -0.2) is 34.2 Å². The van der Waals surface area contributed by atoms with Crippen molar-refractivity contribution >= 4 is 51.9 Å². The van der Waals surface area contributed by atoms with Crippen molar-refractivity contribution in [3.8, 4) is 5.75 Å². The Morgan fingerprint density at radius 2 is 1.90 bits per heavy atom. The summed E-state index contributed by atoms with van der Waals surface area (Å²) in [5, 5.41) is 2.83. The summed E-state index contributed by atoms with van der Waals surface area (Å²) >= 11 is 6.61. The van der Waals surface area contributed by atoms with Crippen molar-refractivity contribution in [3.05, 3.63) is 64.1 Å². The van der Waals surface area contributed by atoms with E-state index in [9.17, 15) is 9.59 Å². The number of nitrogens with one attached hydrogen (secondary N) is 1. The third-order valence-corrected chi connectivity index (χ3v) is 6.04. The lowest BCUT2D eigenvalue weighted by atomic mass is 10.1. The molecule has 1 fully saturated rings. The maximum absolute atomic E-state index is 12.4. The standard InChI is InChI=1S/C23H24N2O3S2/c1-4-11-25-22(27)20(30-23(25)29)13-17-6-9-19(10-7-17)28-14-21(26)24-18-8-5-15(2)16(3)12-18/h5-10,12-13H,4,11,14H2,1-3H3,(H,24,26)/b20-13+. The van der Waals surface area contributed by atoms with Gasteiger partial charge in [0.15, 0.2) is 6.61 Å². The molecule has 1 aliphatic rings. The van der Waals surface area contributed by atoms with Crippen LogP contribution in [0.1, 0.15) is 30.0 Å². The summed E-state index contributed by atoms with van der Waals surface area (Å²) in [6.07, 6.45) is 2.69. The molecular weight excluding hydrogens is 416 g/mol. The van der Waals surface area contributed by atoms with E-state index >= 15 is 0 Å². The predicted octanol–water partition coefficient (Wildman–Crippen LogP) is 4.93. The van der Waals surface area contributed by atoms with Crippen molar-refractivity contribution in [1.29, 1.82) is 0 Å². The highest BCUT2D eigenvalue weighted by Gasteiger charge is 2.31. The molecule has 1 N–H and O–H groups in total. The minimum atomic E-state index is -0.220. The number of thioether (sulfide) groups is 1. The van der Waals surface area contributed by atoms with Gasteiger partial charge in [-0.3, -0.25) is 14.5 Å². The average molecular weight is 441 g/mol. The monoisotopic (exact) mass is 440 g/mol. The van der Waals surface area contributed by atoms with Crippen molar-refractivity contribution in [2.45, 2.75) is 27.2 Å². The summed E-state index contributed by atoms with van der Waals surface area (Å²) in [6.45, 7) is 6.61. The Morgan fingerprint density at radius 1 is 1.17 bits per heavy atom. The van der Waals surface area contributed by atoms with Gasteiger partial charge >= 0.3 is 0 Å². The molecule has 0 saturated carbocycles. The Labute approximate surface area is 186 Å². The molecular formula is C23H24N2O3S2. The summed E-state index contributed by atoms with van der Waals surface area (Å²) in [7, 11) is 0. The number of rotatable bonds is 7. The second-order valence-electron chi connectivity index (χ2n) is 7.04. The van der Waals surface area contributed by atoms with Gasteiger partial charge in [-0.2, -0.15) is 0 Å². The van der Waals surface area contributed by atoms with Crippen LogP contribution < -0.4 is 10.1 Å². The molecule has 1 heterocycles. The third-order valence-electron chi connectivity index (χ3n) is 4.66. The molecule has 1 aliphatic heterocycles. The number of carbonyl (C=O) groups excluding carboxylic acids is 2. The summed E-state index contributed by atoms with van der Waals surface area (Å²) in [4.78, 5) is 26.8. The Morgan fingerprint density at radius 3 is 2.57 bits per heavy atom. The van der Waals surface area contributed by atoms with E-state index in [4.69, 9.17) is 17.0 Å². The molecule has 2 aromatic rings. The fourth-order valence-corrected chi connectivity index (χ4v) is 4.20. The SMILES string of the molecule is CCCN1C(=O)/C(=C\c2ccc(OCC(=O)Nc3ccc(C)c(C)c3)cc2)SC1=S. The topological polar surface area (TPSA) is 58.6 Å². The lowest BCUT2D eigenvalue weighted by Crippen LogP contribution is -2.28. The Bertz CT molecular complexity index is 1000. The average Bonchev–Trinajstić information content (AvgIpc) is 2.98. The smallest absolute Gasteiger partial charge is 0.266 e. The van der Waals surface area contributed by atoms with Gasteiger partial charge in [-0.25, -0.2) is 0 Å². The number of carbonyl (C=O) groups is 2. The normalized spacial score (nSPS) is 15.0. The number of nitrogens with zero attached hydrogens (tertiary/aromatic N) is 1. The van der Waals surface area contributed by atoms with Crippen LogP contribution in [0, 0.1) is 13.8 Å². The van der Waals surface area contributed by atoms with Gasteiger partial charge in [-0.15, -0.1) is 0 Å². The first-order valence-corrected chi connectivity index (χ1v) is 10.9. The number of thiocarbonyl (C=S) groups is 1. The zero-order valence-corrected chi connectivity index (χ0v) is 18.9. The highest BCUT2D eigenvalue weighted by molar-refractivity contribution is 8.26. The van der Waals surface area contributed by atoms with Crippen LogP contribution in [0.2, 0.25) is 0 Å². The number of hydrogen-bond donors (Lipinski definition) is 1. The lowest BCUT2D eigenvalue weighted by Gasteiger charge is -2.11. The summed E-state index contributed by atoms with van der Waals surface area (Å²) in [6, 6.07) is 13.0. The predicted molar refractivity (Wildman–Crippen MR) is 127 cm³/mol. The summed E-state index contributed by atoms with van der Waals surface area (Å²) in [5.74, 6) is 0.318. The van der Waals surface area contributed by atoms with Crippen molar-refractivity contribution in [3.63, 3.8) is 0 Å². The molecule has 0 unspecified atom stereocenters. The van der Waals surface area contributed by atoms with Crippen LogP contribution in [0.4, 0.5) is 5.69 Å². The minimum Gasteiger partial charge on any atom is -0.484 e. The third kappa shape index (κ3) is 5.49. The van der Waals surface area contributed by atoms with Crippen LogP contribution in [0.15, 0.2) is 47.4 Å². The summed E-state index contributed by atoms with van der Waals surface area (Å²) < 4.78 is 6.17. The van der Waals surface area contributed by atoms with Crippen LogP contribution in [0.25, 0.3) is 6.08 Å². The van der Waals surface area contributed by atoms with Crippen LogP contribution in [0.3, 0.4) is 0 Å². The molecule has 0 aromatic heterocycles. The van der Waals surface area contributed by atoms with Crippen LogP contribution in [-0.2, 0) is 9.59 Å². The zero-order chi connectivity index (χ0) is 21.7. The molecule has 0 bridgehead atoms. The maximum atomic E-state index is 12.4. The molecule has 5 nitrogen and oxygen atoms in total. The molecule has 30 heavy (non-hydrogen) atoms. The van der Waals surface area contributed by atoms with E-state index in [1.807, 2.05) is 57.2 Å². The summed E-state index contributed by atoms with van der Waals surface area (Å²) in [5.41, 5.74) is 3.93. The van der Waals surface area contributed by atoms with E-state index < -0.39 is 0 Å². The van der Waals surface area contributed by atoms with Crippen molar-refractivity contribution in [1.82, 2.24) is 4.90 Å². The van der Waals surface area contributed by atoms with E-state index in [2.05, 4.69) is 5.32 Å². The van der Waals surface area contributed by atoms with Gasteiger partial charge in [0.2, 0.25) is 0 Å². The highest BCUT2D eigenvalue weighted by Crippen LogP contribution is 2.32. The number of amides is 2. The fourth-order valence-electron chi connectivity index (χ4n) is 2.89. The molecule has 7 heteroatoms. The zero-order valence-electron chi connectivity index (χ0n) is 17.2. The second kappa shape index (κ2) is 9.91.